The molecular weight excluding hydrogens is 398 g/mol. The number of fused-ring (bicyclic) bond motifs is 2. The van der Waals surface area contributed by atoms with Crippen LogP contribution < -0.4 is 5.32 Å². The number of carbonyl (C=O) groups excluding carboxylic acids is 2. The molecule has 0 atom stereocenters. The van der Waals surface area contributed by atoms with Crippen molar-refractivity contribution in [2.45, 2.75) is 32.6 Å². The van der Waals surface area contributed by atoms with Crippen molar-refractivity contribution in [2.24, 2.45) is 0 Å². The number of hydrogen-bond acceptors (Lipinski definition) is 4. The summed E-state index contributed by atoms with van der Waals surface area (Å²) in [7, 11) is 0. The van der Waals surface area contributed by atoms with Crippen molar-refractivity contribution >= 4 is 45.1 Å². The average molecular weight is 416 g/mol. The summed E-state index contributed by atoms with van der Waals surface area (Å²) in [6.45, 7) is 2.08. The van der Waals surface area contributed by atoms with Gasteiger partial charge in [-0.05, 0) is 50.5 Å². The molecule has 1 amide bonds. The summed E-state index contributed by atoms with van der Waals surface area (Å²) in [4.78, 5) is 25.0. The second-order valence-corrected chi connectivity index (χ2v) is 7.29. The third-order valence-corrected chi connectivity index (χ3v) is 5.21. The van der Waals surface area contributed by atoms with Crippen LogP contribution in [0.1, 0.15) is 52.8 Å². The monoisotopic (exact) mass is 415 g/mol. The van der Waals surface area contributed by atoms with E-state index >= 15 is 0 Å². The Morgan fingerprint density at radius 1 is 1.35 bits per heavy atom. The predicted octanol–water partition coefficient (Wildman–Crippen LogP) is 4.59. The molecule has 2 heterocycles. The molecule has 1 aliphatic heterocycles. The Morgan fingerprint density at radius 3 is 2.96 bits per heavy atom. The van der Waals surface area contributed by atoms with Gasteiger partial charge in [0.25, 0.3) is 5.91 Å². The van der Waals surface area contributed by atoms with Gasteiger partial charge in [0, 0.05) is 27.7 Å². The zero-order valence-electron chi connectivity index (χ0n) is 14.4. The molecule has 0 bridgehead atoms. The molecule has 1 aliphatic carbocycles. The summed E-state index contributed by atoms with van der Waals surface area (Å²) in [6, 6.07) is 5.60. The number of furan rings is 1. The van der Waals surface area contributed by atoms with Gasteiger partial charge in [-0.3, -0.25) is 4.79 Å². The van der Waals surface area contributed by atoms with Crippen LogP contribution in [0.2, 0.25) is 0 Å². The van der Waals surface area contributed by atoms with Crippen LogP contribution in [0.15, 0.2) is 27.1 Å². The molecule has 5 nitrogen and oxygen atoms in total. The number of rotatable bonds is 3. The van der Waals surface area contributed by atoms with Crippen molar-refractivity contribution < 1.29 is 18.7 Å². The van der Waals surface area contributed by atoms with Crippen molar-refractivity contribution in [2.75, 3.05) is 11.9 Å². The first-order valence-corrected chi connectivity index (χ1v) is 9.52. The van der Waals surface area contributed by atoms with Gasteiger partial charge in [-0.15, -0.1) is 0 Å². The lowest BCUT2D eigenvalue weighted by Crippen LogP contribution is -2.10. The van der Waals surface area contributed by atoms with Crippen molar-refractivity contribution in [1.29, 1.82) is 0 Å². The number of aryl methyl sites for hydroxylation is 1. The van der Waals surface area contributed by atoms with Crippen LogP contribution in [-0.4, -0.2) is 18.5 Å². The Hall–Kier alpha value is -2.34. The largest absolute Gasteiger partial charge is 0.462 e. The molecule has 1 N–H and O–H groups in total. The molecule has 0 radical (unpaired) electrons. The van der Waals surface area contributed by atoms with Crippen molar-refractivity contribution in [3.8, 4) is 0 Å². The van der Waals surface area contributed by atoms with Gasteiger partial charge in [-0.2, -0.15) is 0 Å². The van der Waals surface area contributed by atoms with Gasteiger partial charge >= 0.3 is 5.97 Å². The average Bonchev–Trinajstić information content (AvgIpc) is 3.13. The highest BCUT2D eigenvalue weighted by Gasteiger charge is 2.30. The first-order chi connectivity index (χ1) is 12.6. The standard InChI is InChI=1S/C20H18BrNO4/c1-2-25-20(24)18-12-5-3-4-6-16(12)26-17(18)10-14-13-9-11(21)7-8-15(13)22-19(14)23/h7-10H,2-6H2,1H3,(H,22,23). The number of anilines is 1. The molecule has 4 rings (SSSR count). The molecule has 0 fully saturated rings. The van der Waals surface area contributed by atoms with E-state index in [4.69, 9.17) is 9.15 Å². The molecule has 2 aromatic rings. The zero-order valence-corrected chi connectivity index (χ0v) is 15.9. The molecule has 2 aliphatic rings. The van der Waals surface area contributed by atoms with Crippen LogP contribution in [0.25, 0.3) is 11.6 Å². The second-order valence-electron chi connectivity index (χ2n) is 6.37. The topological polar surface area (TPSA) is 68.5 Å². The van der Waals surface area contributed by atoms with Gasteiger partial charge in [-0.25, -0.2) is 4.79 Å². The molecule has 6 heteroatoms. The maximum absolute atomic E-state index is 12.5. The molecule has 0 saturated carbocycles. The van der Waals surface area contributed by atoms with E-state index in [0.717, 1.165) is 52.7 Å². The molecular formula is C20H18BrNO4. The fourth-order valence-corrected chi connectivity index (χ4v) is 3.91. The van der Waals surface area contributed by atoms with Gasteiger partial charge in [0.05, 0.1) is 12.2 Å². The minimum Gasteiger partial charge on any atom is -0.462 e. The van der Waals surface area contributed by atoms with E-state index in [1.54, 1.807) is 13.0 Å². The first-order valence-electron chi connectivity index (χ1n) is 8.73. The quantitative estimate of drug-likeness (QED) is 0.587. The van der Waals surface area contributed by atoms with Crippen LogP contribution in [0.4, 0.5) is 5.69 Å². The molecule has 0 saturated heterocycles. The van der Waals surface area contributed by atoms with Gasteiger partial charge in [0.15, 0.2) is 0 Å². The third-order valence-electron chi connectivity index (χ3n) is 4.72. The van der Waals surface area contributed by atoms with E-state index in [0.29, 0.717) is 23.5 Å². The fraction of sp³-hybridized carbons (Fsp3) is 0.300. The van der Waals surface area contributed by atoms with Crippen molar-refractivity contribution in [3.63, 3.8) is 0 Å². The van der Waals surface area contributed by atoms with Crippen LogP contribution in [0, 0.1) is 0 Å². The number of halogens is 1. The molecule has 1 aromatic carbocycles. The van der Waals surface area contributed by atoms with Crippen LogP contribution >= 0.6 is 15.9 Å². The SMILES string of the molecule is CCOC(=O)c1c(C=C2C(=O)Nc3ccc(Br)cc32)oc2c1CCCC2. The molecule has 0 unspecified atom stereocenters. The van der Waals surface area contributed by atoms with Gasteiger partial charge in [-0.1, -0.05) is 15.9 Å². The van der Waals surface area contributed by atoms with E-state index in [1.165, 1.54) is 0 Å². The van der Waals surface area contributed by atoms with Gasteiger partial charge < -0.3 is 14.5 Å². The van der Waals surface area contributed by atoms with Crippen LogP contribution in [0.5, 0.6) is 0 Å². The lowest BCUT2D eigenvalue weighted by Gasteiger charge is -2.10. The number of benzene rings is 1. The number of ether oxygens (including phenoxy) is 1. The normalized spacial score (nSPS) is 17.0. The molecule has 26 heavy (non-hydrogen) atoms. The maximum atomic E-state index is 12.5. The zero-order chi connectivity index (χ0) is 18.3. The Morgan fingerprint density at radius 2 is 2.15 bits per heavy atom. The predicted molar refractivity (Wildman–Crippen MR) is 102 cm³/mol. The summed E-state index contributed by atoms with van der Waals surface area (Å²) >= 11 is 3.44. The highest BCUT2D eigenvalue weighted by molar-refractivity contribution is 9.10. The summed E-state index contributed by atoms with van der Waals surface area (Å²) in [5, 5.41) is 2.84. The summed E-state index contributed by atoms with van der Waals surface area (Å²) in [6.07, 6.45) is 5.32. The van der Waals surface area contributed by atoms with E-state index < -0.39 is 0 Å². The number of carbonyl (C=O) groups is 2. The summed E-state index contributed by atoms with van der Waals surface area (Å²) in [5.74, 6) is 0.647. The first kappa shape index (κ1) is 17.1. The molecule has 0 spiro atoms. The van der Waals surface area contributed by atoms with Gasteiger partial charge in [0.2, 0.25) is 0 Å². The van der Waals surface area contributed by atoms with Crippen LogP contribution in [0.3, 0.4) is 0 Å². The summed E-state index contributed by atoms with van der Waals surface area (Å²) in [5.41, 5.74) is 3.41. The number of amides is 1. The lowest BCUT2D eigenvalue weighted by molar-refractivity contribution is -0.110. The molecule has 134 valence electrons. The van der Waals surface area contributed by atoms with E-state index in [2.05, 4.69) is 21.2 Å². The van der Waals surface area contributed by atoms with E-state index in [9.17, 15) is 9.59 Å². The Kier molecular flexibility index (Phi) is 4.44. The minimum atomic E-state index is -0.390. The minimum absolute atomic E-state index is 0.206. The van der Waals surface area contributed by atoms with Crippen molar-refractivity contribution in [3.05, 3.63) is 50.9 Å². The lowest BCUT2D eigenvalue weighted by atomic mass is 9.94. The number of hydrogen-bond donors (Lipinski definition) is 1. The fourth-order valence-electron chi connectivity index (χ4n) is 3.55. The summed E-state index contributed by atoms with van der Waals surface area (Å²) < 4.78 is 12.1. The Balaban J connectivity index is 1.85. The number of nitrogens with one attached hydrogen (secondary N) is 1. The van der Waals surface area contributed by atoms with E-state index in [-0.39, 0.29) is 11.9 Å². The Bertz CT molecular complexity index is 942. The highest BCUT2D eigenvalue weighted by atomic mass is 79.9. The third kappa shape index (κ3) is 2.88. The van der Waals surface area contributed by atoms with E-state index in [1.807, 2.05) is 18.2 Å². The smallest absolute Gasteiger partial charge is 0.342 e. The van der Waals surface area contributed by atoms with Gasteiger partial charge in [0.1, 0.15) is 17.1 Å². The molecule has 1 aromatic heterocycles. The van der Waals surface area contributed by atoms with Crippen molar-refractivity contribution in [1.82, 2.24) is 0 Å². The maximum Gasteiger partial charge on any atom is 0.342 e. The number of esters is 1. The highest BCUT2D eigenvalue weighted by Crippen LogP contribution is 2.37. The van der Waals surface area contributed by atoms with Crippen LogP contribution in [-0.2, 0) is 22.4 Å². The Labute approximate surface area is 159 Å². The second kappa shape index (κ2) is 6.76.